The standard InChI is InChI=1S/C11H13BrClNO/c12-9-2-1-8(10(13)5-9)6-14-11(7-15)3-4-11/h1-2,5,14-15H,3-4,6-7H2. The highest BCUT2D eigenvalue weighted by Gasteiger charge is 2.41. The van der Waals surface area contributed by atoms with Gasteiger partial charge in [0, 0.05) is 21.6 Å². The normalized spacial score (nSPS) is 17.8. The van der Waals surface area contributed by atoms with Crippen LogP contribution in [0.25, 0.3) is 0 Å². The van der Waals surface area contributed by atoms with Crippen molar-refractivity contribution >= 4 is 27.5 Å². The van der Waals surface area contributed by atoms with Crippen molar-refractivity contribution in [2.24, 2.45) is 0 Å². The number of hydrogen-bond acceptors (Lipinski definition) is 2. The zero-order valence-electron chi connectivity index (χ0n) is 8.26. The fourth-order valence-corrected chi connectivity index (χ4v) is 2.23. The molecule has 4 heteroatoms. The minimum atomic E-state index is -0.0313. The molecule has 1 fully saturated rings. The summed E-state index contributed by atoms with van der Waals surface area (Å²) in [7, 11) is 0. The van der Waals surface area contributed by atoms with Gasteiger partial charge in [-0.25, -0.2) is 0 Å². The van der Waals surface area contributed by atoms with Crippen molar-refractivity contribution in [3.63, 3.8) is 0 Å². The number of nitrogens with one attached hydrogen (secondary N) is 1. The van der Waals surface area contributed by atoms with E-state index in [1.165, 1.54) is 0 Å². The van der Waals surface area contributed by atoms with E-state index in [2.05, 4.69) is 21.2 Å². The summed E-state index contributed by atoms with van der Waals surface area (Å²) >= 11 is 9.46. The highest BCUT2D eigenvalue weighted by molar-refractivity contribution is 9.10. The molecule has 15 heavy (non-hydrogen) atoms. The molecule has 2 nitrogen and oxygen atoms in total. The van der Waals surface area contributed by atoms with Crippen LogP contribution in [-0.2, 0) is 6.54 Å². The summed E-state index contributed by atoms with van der Waals surface area (Å²) < 4.78 is 0.986. The third-order valence-corrected chi connectivity index (χ3v) is 3.67. The lowest BCUT2D eigenvalue weighted by molar-refractivity contribution is 0.229. The van der Waals surface area contributed by atoms with Gasteiger partial charge in [-0.15, -0.1) is 0 Å². The van der Waals surface area contributed by atoms with Crippen molar-refractivity contribution in [2.45, 2.75) is 24.9 Å². The number of hydrogen-bond donors (Lipinski definition) is 2. The van der Waals surface area contributed by atoms with Crippen molar-refractivity contribution in [2.75, 3.05) is 6.61 Å². The summed E-state index contributed by atoms with van der Waals surface area (Å²) in [5.41, 5.74) is 1.04. The first-order valence-electron chi connectivity index (χ1n) is 4.95. The lowest BCUT2D eigenvalue weighted by Gasteiger charge is -2.14. The van der Waals surface area contributed by atoms with Gasteiger partial charge in [-0.2, -0.15) is 0 Å². The van der Waals surface area contributed by atoms with Crippen LogP contribution in [0, 0.1) is 0 Å². The van der Waals surface area contributed by atoms with Crippen LogP contribution in [0.2, 0.25) is 5.02 Å². The van der Waals surface area contributed by atoms with Gasteiger partial charge in [-0.3, -0.25) is 0 Å². The van der Waals surface area contributed by atoms with Gasteiger partial charge in [0.1, 0.15) is 0 Å². The Kier molecular flexibility index (Phi) is 3.36. The Morgan fingerprint density at radius 1 is 1.47 bits per heavy atom. The molecule has 1 aromatic carbocycles. The monoisotopic (exact) mass is 289 g/mol. The van der Waals surface area contributed by atoms with E-state index in [9.17, 15) is 0 Å². The van der Waals surface area contributed by atoms with Crippen LogP contribution in [0.15, 0.2) is 22.7 Å². The van der Waals surface area contributed by atoms with Gasteiger partial charge in [-0.05, 0) is 30.5 Å². The van der Waals surface area contributed by atoms with E-state index in [1.54, 1.807) is 0 Å². The number of rotatable bonds is 4. The molecule has 0 spiro atoms. The molecule has 0 aromatic heterocycles. The van der Waals surface area contributed by atoms with Crippen molar-refractivity contribution < 1.29 is 5.11 Å². The molecule has 0 bridgehead atoms. The van der Waals surface area contributed by atoms with Gasteiger partial charge in [0.05, 0.1) is 6.61 Å². The summed E-state index contributed by atoms with van der Waals surface area (Å²) in [5, 5.41) is 13.2. The van der Waals surface area contributed by atoms with Crippen LogP contribution in [-0.4, -0.2) is 17.3 Å². The number of aliphatic hydroxyl groups excluding tert-OH is 1. The average Bonchev–Trinajstić information content (AvgIpc) is 2.97. The van der Waals surface area contributed by atoms with Crippen LogP contribution in [0.1, 0.15) is 18.4 Å². The first kappa shape index (κ1) is 11.4. The summed E-state index contributed by atoms with van der Waals surface area (Å²) in [5.74, 6) is 0. The van der Waals surface area contributed by atoms with E-state index in [0.29, 0.717) is 6.54 Å². The van der Waals surface area contributed by atoms with Gasteiger partial charge in [0.2, 0.25) is 0 Å². The third-order valence-electron chi connectivity index (χ3n) is 2.83. The summed E-state index contributed by atoms with van der Waals surface area (Å²) in [6.45, 7) is 0.924. The van der Waals surface area contributed by atoms with Crippen molar-refractivity contribution in [3.8, 4) is 0 Å². The van der Waals surface area contributed by atoms with Crippen LogP contribution < -0.4 is 5.32 Å². The topological polar surface area (TPSA) is 32.3 Å². The van der Waals surface area contributed by atoms with E-state index in [-0.39, 0.29) is 12.1 Å². The third kappa shape index (κ3) is 2.72. The Balaban J connectivity index is 1.99. The summed E-state index contributed by atoms with van der Waals surface area (Å²) in [6.07, 6.45) is 2.11. The van der Waals surface area contributed by atoms with E-state index in [4.69, 9.17) is 16.7 Å². The molecule has 1 aliphatic carbocycles. The molecule has 0 heterocycles. The second-order valence-corrected chi connectivity index (χ2v) is 5.35. The van der Waals surface area contributed by atoms with Crippen molar-refractivity contribution in [1.29, 1.82) is 0 Å². The van der Waals surface area contributed by atoms with E-state index in [0.717, 1.165) is 27.9 Å². The molecule has 0 amide bonds. The fourth-order valence-electron chi connectivity index (χ4n) is 1.49. The molecule has 0 radical (unpaired) electrons. The largest absolute Gasteiger partial charge is 0.394 e. The van der Waals surface area contributed by atoms with Gasteiger partial charge in [0.15, 0.2) is 0 Å². The second-order valence-electron chi connectivity index (χ2n) is 4.03. The van der Waals surface area contributed by atoms with Crippen LogP contribution in [0.5, 0.6) is 0 Å². The molecule has 0 atom stereocenters. The lowest BCUT2D eigenvalue weighted by Crippen LogP contribution is -2.34. The minimum Gasteiger partial charge on any atom is -0.394 e. The molecule has 1 aliphatic rings. The van der Waals surface area contributed by atoms with Crippen LogP contribution in [0.3, 0.4) is 0 Å². The maximum absolute atomic E-state index is 9.14. The molecule has 82 valence electrons. The molecule has 0 saturated heterocycles. The average molecular weight is 291 g/mol. The molecule has 2 rings (SSSR count). The first-order chi connectivity index (χ1) is 7.15. The van der Waals surface area contributed by atoms with Gasteiger partial charge >= 0.3 is 0 Å². The second kappa shape index (κ2) is 4.42. The lowest BCUT2D eigenvalue weighted by atomic mass is 10.2. The van der Waals surface area contributed by atoms with Crippen LogP contribution in [0.4, 0.5) is 0 Å². The molecule has 0 aliphatic heterocycles. The van der Waals surface area contributed by atoms with Gasteiger partial charge in [-0.1, -0.05) is 33.6 Å². The Morgan fingerprint density at radius 3 is 2.73 bits per heavy atom. The maximum Gasteiger partial charge on any atom is 0.0613 e. The molecule has 1 aromatic rings. The predicted molar refractivity (Wildman–Crippen MR) is 65.0 cm³/mol. The Hall–Kier alpha value is -0.0900. The maximum atomic E-state index is 9.14. The van der Waals surface area contributed by atoms with Gasteiger partial charge < -0.3 is 10.4 Å². The minimum absolute atomic E-state index is 0.0313. The molecule has 1 saturated carbocycles. The summed E-state index contributed by atoms with van der Waals surface area (Å²) in [6, 6.07) is 5.85. The Morgan fingerprint density at radius 2 is 2.20 bits per heavy atom. The Bertz CT molecular complexity index is 366. The predicted octanol–water partition coefficient (Wildman–Crippen LogP) is 2.72. The number of benzene rings is 1. The van der Waals surface area contributed by atoms with Crippen molar-refractivity contribution in [1.82, 2.24) is 5.32 Å². The highest BCUT2D eigenvalue weighted by Crippen LogP contribution is 2.35. The Labute approximate surface area is 103 Å². The number of aliphatic hydroxyl groups is 1. The highest BCUT2D eigenvalue weighted by atomic mass is 79.9. The molecule has 0 unspecified atom stereocenters. The zero-order chi connectivity index (χ0) is 10.9. The van der Waals surface area contributed by atoms with Crippen molar-refractivity contribution in [3.05, 3.63) is 33.3 Å². The number of halogens is 2. The van der Waals surface area contributed by atoms with E-state index >= 15 is 0 Å². The van der Waals surface area contributed by atoms with Crippen LogP contribution >= 0.6 is 27.5 Å². The summed E-state index contributed by atoms with van der Waals surface area (Å²) in [4.78, 5) is 0. The zero-order valence-corrected chi connectivity index (χ0v) is 10.6. The molecular weight excluding hydrogens is 277 g/mol. The quantitative estimate of drug-likeness (QED) is 0.894. The molecular formula is C11H13BrClNO. The van der Waals surface area contributed by atoms with E-state index < -0.39 is 0 Å². The molecule has 2 N–H and O–H groups in total. The van der Waals surface area contributed by atoms with Gasteiger partial charge in [0.25, 0.3) is 0 Å². The first-order valence-corrected chi connectivity index (χ1v) is 6.12. The SMILES string of the molecule is OCC1(NCc2ccc(Br)cc2Cl)CC1. The fraction of sp³-hybridized carbons (Fsp3) is 0.455. The van der Waals surface area contributed by atoms with E-state index in [1.807, 2.05) is 18.2 Å². The smallest absolute Gasteiger partial charge is 0.0613 e.